The van der Waals surface area contributed by atoms with Crippen molar-refractivity contribution in [1.82, 2.24) is 9.88 Å². The van der Waals surface area contributed by atoms with Gasteiger partial charge in [0.1, 0.15) is 5.60 Å². The van der Waals surface area contributed by atoms with Gasteiger partial charge in [-0.15, -0.1) is 0 Å². The maximum absolute atomic E-state index is 14.2. The fraction of sp³-hybridized carbons (Fsp3) is 0.625. The van der Waals surface area contributed by atoms with Crippen molar-refractivity contribution in [2.45, 2.75) is 52.3 Å². The molecule has 2 N–H and O–H groups in total. The molecule has 1 aromatic heterocycles. The van der Waals surface area contributed by atoms with E-state index >= 15 is 0 Å². The lowest BCUT2D eigenvalue weighted by Crippen LogP contribution is -2.60. The van der Waals surface area contributed by atoms with Crippen LogP contribution in [0.25, 0.3) is 0 Å². The summed E-state index contributed by atoms with van der Waals surface area (Å²) in [6.45, 7) is 9.85. The SMILES string of the molecule is C[C@@H]1CN(c2nc(B(O)O)ccc2F)C[C@H](C)N1C(=O)OC(C)(C)C. The first-order valence-corrected chi connectivity index (χ1v) is 8.28. The van der Waals surface area contributed by atoms with Crippen LogP contribution in [0.15, 0.2) is 12.1 Å². The number of halogens is 1. The molecule has 0 aliphatic carbocycles. The fourth-order valence-corrected chi connectivity index (χ4v) is 2.98. The molecule has 1 aliphatic heterocycles. The molecule has 1 amide bonds. The molecule has 7 nitrogen and oxygen atoms in total. The zero-order valence-corrected chi connectivity index (χ0v) is 15.2. The molecule has 25 heavy (non-hydrogen) atoms. The number of hydrogen-bond donors (Lipinski definition) is 2. The van der Waals surface area contributed by atoms with Crippen LogP contribution in [0.4, 0.5) is 15.0 Å². The van der Waals surface area contributed by atoms with E-state index in [0.717, 1.165) is 6.07 Å². The number of amides is 1. The Morgan fingerprint density at radius 3 is 2.32 bits per heavy atom. The Hall–Kier alpha value is -1.87. The molecule has 2 heterocycles. The minimum absolute atomic E-state index is 0.0220. The predicted octanol–water partition coefficient (Wildman–Crippen LogP) is 0.735. The normalized spacial score (nSPS) is 21.3. The van der Waals surface area contributed by atoms with Gasteiger partial charge in [0.15, 0.2) is 11.6 Å². The number of ether oxygens (including phenoxy) is 1. The molecule has 0 aromatic carbocycles. The molecule has 0 spiro atoms. The molecule has 1 saturated heterocycles. The number of carbonyl (C=O) groups excluding carboxylic acids is 1. The standard InChI is InChI=1S/C16H25BFN3O4/c1-10-8-20(14-12(18)6-7-13(19-14)17(23)24)9-11(2)21(10)15(22)25-16(3,4)5/h6-7,10-11,23-24H,8-9H2,1-5H3/t10-,11+. The Morgan fingerprint density at radius 2 is 1.84 bits per heavy atom. The highest BCUT2D eigenvalue weighted by molar-refractivity contribution is 6.57. The second-order valence-electron chi connectivity index (χ2n) is 7.41. The molecule has 0 saturated carbocycles. The molecule has 0 bridgehead atoms. The zero-order chi connectivity index (χ0) is 18.9. The molecule has 1 aliphatic rings. The topological polar surface area (TPSA) is 86.1 Å². The third-order valence-corrected chi connectivity index (χ3v) is 3.94. The van der Waals surface area contributed by atoms with Crippen LogP contribution in [0.5, 0.6) is 0 Å². The summed E-state index contributed by atoms with van der Waals surface area (Å²) in [5, 5.41) is 18.5. The van der Waals surface area contributed by atoms with Crippen molar-refractivity contribution in [2.24, 2.45) is 0 Å². The first kappa shape index (κ1) is 19.5. The largest absolute Gasteiger partial charge is 0.508 e. The summed E-state index contributed by atoms with van der Waals surface area (Å²) in [7, 11) is -1.77. The minimum atomic E-state index is -1.77. The maximum Gasteiger partial charge on any atom is 0.508 e. The summed E-state index contributed by atoms with van der Waals surface area (Å²) >= 11 is 0. The Kier molecular flexibility index (Phi) is 5.58. The highest BCUT2D eigenvalue weighted by Crippen LogP contribution is 2.24. The molecule has 0 unspecified atom stereocenters. The van der Waals surface area contributed by atoms with E-state index in [9.17, 15) is 19.2 Å². The monoisotopic (exact) mass is 353 g/mol. The molecule has 1 aromatic rings. The average Bonchev–Trinajstić information content (AvgIpc) is 2.44. The Labute approximate surface area is 147 Å². The third kappa shape index (κ3) is 4.61. The van der Waals surface area contributed by atoms with Gasteiger partial charge in [-0.05, 0) is 46.8 Å². The van der Waals surface area contributed by atoms with Crippen LogP contribution in [0, 0.1) is 5.82 Å². The number of aromatic nitrogens is 1. The summed E-state index contributed by atoms with van der Waals surface area (Å²) in [6, 6.07) is 1.95. The van der Waals surface area contributed by atoms with Crippen LogP contribution < -0.4 is 10.5 Å². The smallest absolute Gasteiger partial charge is 0.444 e. The summed E-state index contributed by atoms with van der Waals surface area (Å²) in [5.74, 6) is -0.498. The Bertz CT molecular complexity index is 626. The van der Waals surface area contributed by atoms with Gasteiger partial charge < -0.3 is 19.7 Å². The van der Waals surface area contributed by atoms with E-state index in [1.807, 2.05) is 34.6 Å². The van der Waals surface area contributed by atoms with Gasteiger partial charge in [-0.25, -0.2) is 14.2 Å². The number of rotatable bonds is 2. The molecule has 138 valence electrons. The predicted molar refractivity (Wildman–Crippen MR) is 93.2 cm³/mol. The van der Waals surface area contributed by atoms with Crippen LogP contribution >= 0.6 is 0 Å². The highest BCUT2D eigenvalue weighted by Gasteiger charge is 2.36. The maximum atomic E-state index is 14.2. The first-order chi connectivity index (χ1) is 11.5. The highest BCUT2D eigenvalue weighted by atomic mass is 19.1. The quantitative estimate of drug-likeness (QED) is 0.763. The molecule has 0 radical (unpaired) electrons. The van der Waals surface area contributed by atoms with Crippen LogP contribution in [0.2, 0.25) is 0 Å². The summed E-state index contributed by atoms with van der Waals surface area (Å²) in [5.41, 5.74) is -0.612. The average molecular weight is 353 g/mol. The number of hydrogen-bond acceptors (Lipinski definition) is 6. The lowest BCUT2D eigenvalue weighted by Gasteiger charge is -2.44. The number of piperazine rings is 1. The van der Waals surface area contributed by atoms with Gasteiger partial charge in [0.25, 0.3) is 0 Å². The van der Waals surface area contributed by atoms with Gasteiger partial charge >= 0.3 is 13.2 Å². The Balaban J connectivity index is 2.19. The van der Waals surface area contributed by atoms with Crippen LogP contribution in [-0.2, 0) is 4.74 Å². The summed E-state index contributed by atoms with van der Waals surface area (Å²) < 4.78 is 19.6. The number of anilines is 1. The molecule has 2 atom stereocenters. The van der Waals surface area contributed by atoms with E-state index in [1.54, 1.807) is 9.80 Å². The minimum Gasteiger partial charge on any atom is -0.444 e. The number of nitrogens with zero attached hydrogens (tertiary/aromatic N) is 3. The first-order valence-electron chi connectivity index (χ1n) is 8.28. The second-order valence-corrected chi connectivity index (χ2v) is 7.41. The van der Waals surface area contributed by atoms with Gasteiger partial charge in [-0.1, -0.05) is 0 Å². The fourth-order valence-electron chi connectivity index (χ4n) is 2.98. The van der Waals surface area contributed by atoms with Crippen molar-refractivity contribution in [1.29, 1.82) is 0 Å². The van der Waals surface area contributed by atoms with Gasteiger partial charge in [0, 0.05) is 13.1 Å². The van der Waals surface area contributed by atoms with Crippen molar-refractivity contribution in [3.8, 4) is 0 Å². The summed E-state index contributed by atoms with van der Waals surface area (Å²) in [6.07, 6.45) is -0.403. The van der Waals surface area contributed by atoms with Crippen molar-refractivity contribution < 1.29 is 24.0 Å². The lowest BCUT2D eigenvalue weighted by molar-refractivity contribution is 0.00557. The van der Waals surface area contributed by atoms with Gasteiger partial charge in [-0.3, -0.25) is 4.90 Å². The van der Waals surface area contributed by atoms with Crippen LogP contribution in [0.3, 0.4) is 0 Å². The van der Waals surface area contributed by atoms with Crippen molar-refractivity contribution in [2.75, 3.05) is 18.0 Å². The summed E-state index contributed by atoms with van der Waals surface area (Å²) in [4.78, 5) is 19.8. The van der Waals surface area contributed by atoms with Gasteiger partial charge in [0.05, 0.1) is 17.7 Å². The van der Waals surface area contributed by atoms with E-state index in [1.165, 1.54) is 6.07 Å². The second kappa shape index (κ2) is 7.17. The molecule has 2 rings (SSSR count). The van der Waals surface area contributed by atoms with Crippen molar-refractivity contribution in [3.05, 3.63) is 17.9 Å². The number of carbonyl (C=O) groups is 1. The lowest BCUT2D eigenvalue weighted by atomic mass is 9.86. The van der Waals surface area contributed by atoms with E-state index in [0.29, 0.717) is 13.1 Å². The van der Waals surface area contributed by atoms with E-state index < -0.39 is 24.6 Å². The molecular weight excluding hydrogens is 328 g/mol. The van der Waals surface area contributed by atoms with E-state index in [4.69, 9.17) is 4.74 Å². The molecule has 1 fully saturated rings. The van der Waals surface area contributed by atoms with Gasteiger partial charge in [-0.2, -0.15) is 0 Å². The van der Waals surface area contributed by atoms with Crippen molar-refractivity contribution >= 4 is 24.6 Å². The Morgan fingerprint density at radius 1 is 1.28 bits per heavy atom. The number of pyridine rings is 1. The molecule has 9 heteroatoms. The van der Waals surface area contributed by atoms with Crippen LogP contribution in [-0.4, -0.2) is 63.9 Å². The molecular formula is C16H25BFN3O4. The van der Waals surface area contributed by atoms with E-state index in [-0.39, 0.29) is 23.5 Å². The third-order valence-electron chi connectivity index (χ3n) is 3.94. The van der Waals surface area contributed by atoms with Crippen LogP contribution in [0.1, 0.15) is 34.6 Å². The van der Waals surface area contributed by atoms with Gasteiger partial charge in [0.2, 0.25) is 0 Å². The van der Waals surface area contributed by atoms with Crippen molar-refractivity contribution in [3.63, 3.8) is 0 Å². The van der Waals surface area contributed by atoms with E-state index in [2.05, 4.69) is 4.98 Å². The zero-order valence-electron chi connectivity index (χ0n) is 15.2.